The van der Waals surface area contributed by atoms with Gasteiger partial charge in [0.25, 0.3) is 5.91 Å². The van der Waals surface area contributed by atoms with Crippen LogP contribution in [0, 0.1) is 5.41 Å². The van der Waals surface area contributed by atoms with Crippen LogP contribution in [0.2, 0.25) is 0 Å². The Hall–Kier alpha value is -1.97. The molecule has 2 fully saturated rings. The largest absolute Gasteiger partial charge is 0.376 e. The summed E-state index contributed by atoms with van der Waals surface area (Å²) in [6, 6.07) is 2.73. The number of rotatable bonds is 8. The zero-order valence-corrected chi connectivity index (χ0v) is 20.2. The Morgan fingerprint density at radius 3 is 2.72 bits per heavy atom. The van der Waals surface area contributed by atoms with Gasteiger partial charge in [-0.15, -0.1) is 11.3 Å². The molecule has 3 heterocycles. The number of amides is 3. The molecule has 32 heavy (non-hydrogen) atoms. The third kappa shape index (κ3) is 6.30. The molecule has 3 unspecified atom stereocenters. The van der Waals surface area contributed by atoms with Crippen molar-refractivity contribution in [2.75, 3.05) is 32.8 Å². The van der Waals surface area contributed by atoms with Crippen molar-refractivity contribution in [3.63, 3.8) is 0 Å². The third-order valence-electron chi connectivity index (χ3n) is 5.89. The minimum Gasteiger partial charge on any atom is -0.376 e. The fourth-order valence-electron chi connectivity index (χ4n) is 4.39. The van der Waals surface area contributed by atoms with Gasteiger partial charge in [0.2, 0.25) is 11.8 Å². The third-order valence-corrected chi connectivity index (χ3v) is 6.74. The van der Waals surface area contributed by atoms with Crippen LogP contribution in [0.4, 0.5) is 0 Å². The Bertz CT molecular complexity index is 786. The fraction of sp³-hybridized carbons (Fsp3) is 0.696. The van der Waals surface area contributed by atoms with E-state index in [-0.39, 0.29) is 35.3 Å². The summed E-state index contributed by atoms with van der Waals surface area (Å²) in [7, 11) is 0. The summed E-state index contributed by atoms with van der Waals surface area (Å²) in [6.07, 6.45) is 2.73. The van der Waals surface area contributed by atoms with E-state index in [4.69, 9.17) is 10.5 Å². The van der Waals surface area contributed by atoms with Crippen LogP contribution in [-0.2, 0) is 14.3 Å². The number of carbonyl (C=O) groups is 3. The van der Waals surface area contributed by atoms with Gasteiger partial charge < -0.3 is 25.6 Å². The van der Waals surface area contributed by atoms with Gasteiger partial charge in [-0.1, -0.05) is 26.8 Å². The van der Waals surface area contributed by atoms with Crippen LogP contribution in [0.5, 0.6) is 0 Å². The lowest BCUT2D eigenvalue weighted by atomic mass is 9.91. The molecular weight excluding hydrogens is 428 g/mol. The number of nitrogens with one attached hydrogen (secondary N) is 1. The Labute approximate surface area is 194 Å². The molecule has 2 saturated heterocycles. The molecule has 0 aliphatic carbocycles. The first-order valence-electron chi connectivity index (χ1n) is 11.4. The maximum absolute atomic E-state index is 13.3. The van der Waals surface area contributed by atoms with Gasteiger partial charge in [0.05, 0.1) is 17.0 Å². The number of thiophene rings is 1. The monoisotopic (exact) mass is 464 g/mol. The van der Waals surface area contributed by atoms with Crippen molar-refractivity contribution in [2.24, 2.45) is 11.1 Å². The smallest absolute Gasteiger partial charge is 0.264 e. The Kier molecular flexibility index (Phi) is 8.30. The predicted octanol–water partition coefficient (Wildman–Crippen LogP) is 1.85. The summed E-state index contributed by atoms with van der Waals surface area (Å²) in [4.78, 5) is 43.5. The quantitative estimate of drug-likeness (QED) is 0.611. The highest BCUT2D eigenvalue weighted by molar-refractivity contribution is 7.12. The summed E-state index contributed by atoms with van der Waals surface area (Å²) in [5.74, 6) is -0.344. The molecule has 2 aliphatic heterocycles. The Balaban J connectivity index is 1.83. The van der Waals surface area contributed by atoms with Crippen molar-refractivity contribution in [2.45, 2.75) is 64.6 Å². The molecule has 0 saturated carbocycles. The number of nitrogens with zero attached hydrogens (tertiary/aromatic N) is 2. The number of hydrogen-bond donors (Lipinski definition) is 2. The van der Waals surface area contributed by atoms with E-state index in [0.717, 1.165) is 12.8 Å². The molecule has 3 N–H and O–H groups in total. The maximum Gasteiger partial charge on any atom is 0.264 e. The SMILES string of the molecule is CC(C)(C)CC(=O)N(CC1CCCO1)C1CC(C(=O)NCCN)N(C(=O)c2cccs2)C1. The molecule has 0 bridgehead atoms. The minimum atomic E-state index is -0.629. The van der Waals surface area contributed by atoms with Crippen LogP contribution in [-0.4, -0.2) is 78.5 Å². The molecule has 3 atom stereocenters. The molecule has 1 aromatic heterocycles. The summed E-state index contributed by atoms with van der Waals surface area (Å²) >= 11 is 1.36. The van der Waals surface area contributed by atoms with Crippen molar-refractivity contribution >= 4 is 29.1 Å². The highest BCUT2D eigenvalue weighted by Gasteiger charge is 2.44. The van der Waals surface area contributed by atoms with E-state index in [1.807, 2.05) is 37.1 Å². The van der Waals surface area contributed by atoms with E-state index in [2.05, 4.69) is 5.32 Å². The molecule has 1 aromatic rings. The molecule has 0 spiro atoms. The summed E-state index contributed by atoms with van der Waals surface area (Å²) in [5.41, 5.74) is 5.39. The van der Waals surface area contributed by atoms with Gasteiger partial charge >= 0.3 is 0 Å². The Morgan fingerprint density at radius 1 is 1.34 bits per heavy atom. The predicted molar refractivity (Wildman–Crippen MR) is 124 cm³/mol. The highest BCUT2D eigenvalue weighted by atomic mass is 32.1. The van der Waals surface area contributed by atoms with Crippen LogP contribution in [0.3, 0.4) is 0 Å². The van der Waals surface area contributed by atoms with E-state index < -0.39 is 6.04 Å². The van der Waals surface area contributed by atoms with E-state index in [0.29, 0.717) is 50.5 Å². The van der Waals surface area contributed by atoms with Crippen LogP contribution in [0.1, 0.15) is 56.1 Å². The highest BCUT2D eigenvalue weighted by Crippen LogP contribution is 2.29. The fourth-order valence-corrected chi connectivity index (χ4v) is 5.06. The van der Waals surface area contributed by atoms with Crippen LogP contribution in [0.15, 0.2) is 17.5 Å². The van der Waals surface area contributed by atoms with Gasteiger partial charge in [0.15, 0.2) is 0 Å². The molecule has 178 valence electrons. The second-order valence-electron chi connectivity index (χ2n) is 9.84. The van der Waals surface area contributed by atoms with E-state index in [9.17, 15) is 14.4 Å². The van der Waals surface area contributed by atoms with E-state index in [1.165, 1.54) is 11.3 Å². The lowest BCUT2D eigenvalue weighted by molar-refractivity contribution is -0.137. The van der Waals surface area contributed by atoms with E-state index in [1.54, 1.807) is 11.0 Å². The maximum atomic E-state index is 13.3. The van der Waals surface area contributed by atoms with E-state index >= 15 is 0 Å². The minimum absolute atomic E-state index is 0.00508. The van der Waals surface area contributed by atoms with Gasteiger partial charge in [-0.3, -0.25) is 14.4 Å². The zero-order valence-electron chi connectivity index (χ0n) is 19.3. The van der Waals surface area contributed by atoms with Crippen LogP contribution < -0.4 is 11.1 Å². The molecule has 0 radical (unpaired) electrons. The summed E-state index contributed by atoms with van der Waals surface area (Å²) in [6.45, 7) is 8.35. The van der Waals surface area contributed by atoms with Crippen molar-refractivity contribution in [3.8, 4) is 0 Å². The standard InChI is InChI=1S/C23H36N4O4S/c1-23(2,3)13-20(28)26(15-17-6-4-10-31-17)16-12-18(21(29)25-9-8-24)27(14-16)22(30)19-7-5-11-32-19/h5,7,11,16-18H,4,6,8-10,12-15,24H2,1-3H3,(H,25,29). The number of carbonyl (C=O) groups excluding carboxylic acids is 3. The van der Waals surface area contributed by atoms with Crippen molar-refractivity contribution in [1.29, 1.82) is 0 Å². The van der Waals surface area contributed by atoms with Crippen LogP contribution in [0.25, 0.3) is 0 Å². The average molecular weight is 465 g/mol. The first-order valence-corrected chi connectivity index (χ1v) is 12.3. The molecule has 2 aliphatic rings. The van der Waals surface area contributed by atoms with Gasteiger partial charge in [-0.05, 0) is 36.1 Å². The van der Waals surface area contributed by atoms with Crippen molar-refractivity contribution in [3.05, 3.63) is 22.4 Å². The first-order chi connectivity index (χ1) is 15.2. The second-order valence-corrected chi connectivity index (χ2v) is 10.8. The molecular formula is C23H36N4O4S. The van der Waals surface area contributed by atoms with Crippen LogP contribution >= 0.6 is 11.3 Å². The van der Waals surface area contributed by atoms with Gasteiger partial charge in [0, 0.05) is 39.2 Å². The molecule has 9 heteroatoms. The lowest BCUT2D eigenvalue weighted by Crippen LogP contribution is -2.47. The molecule has 3 amide bonds. The van der Waals surface area contributed by atoms with Gasteiger partial charge in [0.1, 0.15) is 6.04 Å². The molecule has 0 aromatic carbocycles. The molecule has 3 rings (SSSR count). The topological polar surface area (TPSA) is 105 Å². The number of likely N-dealkylation sites (tertiary alicyclic amines) is 1. The number of hydrogen-bond acceptors (Lipinski definition) is 6. The summed E-state index contributed by atoms with van der Waals surface area (Å²) in [5, 5.41) is 4.67. The first kappa shape index (κ1) is 24.7. The summed E-state index contributed by atoms with van der Waals surface area (Å²) < 4.78 is 5.82. The average Bonchev–Trinajstić information content (AvgIpc) is 3.49. The molecule has 8 nitrogen and oxygen atoms in total. The van der Waals surface area contributed by atoms with Gasteiger partial charge in [-0.2, -0.15) is 0 Å². The zero-order chi connectivity index (χ0) is 23.3. The normalized spacial score (nSPS) is 23.4. The Morgan fingerprint density at radius 2 is 2.12 bits per heavy atom. The van der Waals surface area contributed by atoms with Crippen molar-refractivity contribution in [1.82, 2.24) is 15.1 Å². The van der Waals surface area contributed by atoms with Crippen molar-refractivity contribution < 1.29 is 19.1 Å². The lowest BCUT2D eigenvalue weighted by Gasteiger charge is -2.33. The number of nitrogens with two attached hydrogens (primary N) is 1. The van der Waals surface area contributed by atoms with Gasteiger partial charge in [-0.25, -0.2) is 0 Å². The number of ether oxygens (including phenoxy) is 1. The second kappa shape index (κ2) is 10.8.